The van der Waals surface area contributed by atoms with Crippen molar-refractivity contribution >= 4 is 5.91 Å². The van der Waals surface area contributed by atoms with Gasteiger partial charge in [-0.1, -0.05) is 43.7 Å². The third-order valence-corrected chi connectivity index (χ3v) is 4.91. The molecular formula is C19H28N2O2. The average molecular weight is 316 g/mol. The van der Waals surface area contributed by atoms with Crippen LogP contribution >= 0.6 is 0 Å². The van der Waals surface area contributed by atoms with Crippen molar-refractivity contribution in [3.63, 3.8) is 0 Å². The predicted octanol–water partition coefficient (Wildman–Crippen LogP) is 2.68. The number of rotatable bonds is 6. The van der Waals surface area contributed by atoms with Crippen LogP contribution in [-0.4, -0.2) is 54.1 Å². The number of fused-ring (bicyclic) bond motifs is 1. The molecule has 2 fully saturated rings. The van der Waals surface area contributed by atoms with Gasteiger partial charge in [-0.15, -0.1) is 0 Å². The minimum Gasteiger partial charge on any atom is -0.376 e. The average Bonchev–Trinajstić information content (AvgIpc) is 2.90. The van der Waals surface area contributed by atoms with E-state index in [1.807, 2.05) is 6.07 Å². The zero-order valence-corrected chi connectivity index (χ0v) is 14.1. The highest BCUT2D eigenvalue weighted by Gasteiger charge is 2.38. The zero-order valence-electron chi connectivity index (χ0n) is 14.1. The standard InChI is InChI=1S/C19H28N2O2/c1-2-3-11-23-18-12-17-14-20(10-9-19(22)21(17)15-18)13-16-7-5-4-6-8-16/h4-8,17-18H,2-3,9-15H2,1H3/t17-,18+/m0/s1. The number of nitrogens with zero attached hydrogens (tertiary/aromatic N) is 2. The molecule has 2 heterocycles. The molecule has 1 aromatic carbocycles. The summed E-state index contributed by atoms with van der Waals surface area (Å²) in [6.45, 7) is 6.54. The molecule has 1 aromatic rings. The van der Waals surface area contributed by atoms with Crippen LogP contribution in [0.15, 0.2) is 30.3 Å². The lowest BCUT2D eigenvalue weighted by Gasteiger charge is -2.25. The molecule has 2 atom stereocenters. The first-order chi connectivity index (χ1) is 11.3. The van der Waals surface area contributed by atoms with E-state index >= 15 is 0 Å². The fourth-order valence-corrected chi connectivity index (χ4v) is 3.64. The van der Waals surface area contributed by atoms with Crippen molar-refractivity contribution in [3.05, 3.63) is 35.9 Å². The van der Waals surface area contributed by atoms with Crippen LogP contribution in [0.3, 0.4) is 0 Å². The second kappa shape index (κ2) is 7.93. The molecule has 2 aliphatic heterocycles. The number of carbonyl (C=O) groups excluding carboxylic acids is 1. The largest absolute Gasteiger partial charge is 0.376 e. The summed E-state index contributed by atoms with van der Waals surface area (Å²) < 4.78 is 5.97. The summed E-state index contributed by atoms with van der Waals surface area (Å²) in [5, 5.41) is 0. The molecule has 4 heteroatoms. The number of hydrogen-bond donors (Lipinski definition) is 0. The van der Waals surface area contributed by atoms with E-state index in [1.165, 1.54) is 5.56 Å². The smallest absolute Gasteiger partial charge is 0.224 e. The Kier molecular flexibility index (Phi) is 5.68. The van der Waals surface area contributed by atoms with Crippen LogP contribution in [0.25, 0.3) is 0 Å². The van der Waals surface area contributed by atoms with Gasteiger partial charge in [0.05, 0.1) is 6.10 Å². The van der Waals surface area contributed by atoms with E-state index < -0.39 is 0 Å². The molecule has 23 heavy (non-hydrogen) atoms. The van der Waals surface area contributed by atoms with Crippen LogP contribution in [0, 0.1) is 0 Å². The lowest BCUT2D eigenvalue weighted by atomic mass is 10.1. The van der Waals surface area contributed by atoms with E-state index in [2.05, 4.69) is 41.0 Å². The normalized spacial score (nSPS) is 25.4. The lowest BCUT2D eigenvalue weighted by molar-refractivity contribution is -0.131. The third-order valence-electron chi connectivity index (χ3n) is 4.91. The number of ether oxygens (including phenoxy) is 1. The third kappa shape index (κ3) is 4.33. The van der Waals surface area contributed by atoms with Gasteiger partial charge >= 0.3 is 0 Å². The quantitative estimate of drug-likeness (QED) is 0.757. The molecule has 3 rings (SSSR count). The van der Waals surface area contributed by atoms with Gasteiger partial charge in [-0.05, 0) is 18.4 Å². The van der Waals surface area contributed by atoms with Crippen LogP contribution in [0.2, 0.25) is 0 Å². The SMILES string of the molecule is CCCCO[C@@H]1C[C@H]2CN(Cc3ccccc3)CCC(=O)N2C1. The first kappa shape index (κ1) is 16.5. The minimum absolute atomic E-state index is 0.229. The molecule has 0 spiro atoms. The summed E-state index contributed by atoms with van der Waals surface area (Å²) >= 11 is 0. The van der Waals surface area contributed by atoms with Crippen LogP contribution in [-0.2, 0) is 16.1 Å². The second-order valence-electron chi connectivity index (χ2n) is 6.75. The van der Waals surface area contributed by atoms with Gasteiger partial charge in [0, 0.05) is 45.2 Å². The van der Waals surface area contributed by atoms with Gasteiger partial charge < -0.3 is 9.64 Å². The van der Waals surface area contributed by atoms with Crippen molar-refractivity contribution in [1.82, 2.24) is 9.80 Å². The van der Waals surface area contributed by atoms with Crippen LogP contribution in [0.4, 0.5) is 0 Å². The van der Waals surface area contributed by atoms with E-state index in [1.54, 1.807) is 0 Å². The highest BCUT2D eigenvalue weighted by molar-refractivity contribution is 5.77. The molecule has 0 N–H and O–H groups in total. The number of benzene rings is 1. The fourth-order valence-electron chi connectivity index (χ4n) is 3.64. The Balaban J connectivity index is 1.58. The fraction of sp³-hybridized carbons (Fsp3) is 0.632. The molecule has 126 valence electrons. The molecule has 0 aliphatic carbocycles. The van der Waals surface area contributed by atoms with Crippen molar-refractivity contribution in [3.8, 4) is 0 Å². The first-order valence-electron chi connectivity index (χ1n) is 8.93. The maximum absolute atomic E-state index is 12.4. The monoisotopic (exact) mass is 316 g/mol. The van der Waals surface area contributed by atoms with Crippen LogP contribution in [0.1, 0.15) is 38.2 Å². The summed E-state index contributed by atoms with van der Waals surface area (Å²) in [5.41, 5.74) is 1.32. The van der Waals surface area contributed by atoms with E-state index in [0.29, 0.717) is 18.4 Å². The summed E-state index contributed by atoms with van der Waals surface area (Å²) in [4.78, 5) is 16.9. The lowest BCUT2D eigenvalue weighted by Crippen LogP contribution is -2.38. The highest BCUT2D eigenvalue weighted by Crippen LogP contribution is 2.25. The Morgan fingerprint density at radius 1 is 1.22 bits per heavy atom. The van der Waals surface area contributed by atoms with Gasteiger partial charge in [0.2, 0.25) is 5.91 Å². The topological polar surface area (TPSA) is 32.8 Å². The molecule has 0 unspecified atom stereocenters. The second-order valence-corrected chi connectivity index (χ2v) is 6.75. The molecule has 2 aliphatic rings. The van der Waals surface area contributed by atoms with Crippen molar-refractivity contribution in [2.75, 3.05) is 26.2 Å². The van der Waals surface area contributed by atoms with E-state index in [4.69, 9.17) is 4.74 Å². The molecular weight excluding hydrogens is 288 g/mol. The van der Waals surface area contributed by atoms with Crippen LogP contribution in [0.5, 0.6) is 0 Å². The van der Waals surface area contributed by atoms with Gasteiger partial charge in [0.15, 0.2) is 0 Å². The molecule has 0 aromatic heterocycles. The Labute approximate surface area is 139 Å². The molecule has 0 saturated carbocycles. The Bertz CT molecular complexity index is 505. The van der Waals surface area contributed by atoms with E-state index in [-0.39, 0.29) is 6.10 Å². The number of amides is 1. The first-order valence-corrected chi connectivity index (χ1v) is 8.93. The number of carbonyl (C=O) groups is 1. The Morgan fingerprint density at radius 2 is 2.04 bits per heavy atom. The molecule has 2 saturated heterocycles. The maximum Gasteiger partial charge on any atom is 0.224 e. The predicted molar refractivity (Wildman–Crippen MR) is 91.1 cm³/mol. The zero-order chi connectivity index (χ0) is 16.1. The van der Waals surface area contributed by atoms with Gasteiger partial charge in [-0.25, -0.2) is 0 Å². The van der Waals surface area contributed by atoms with Crippen LogP contribution < -0.4 is 0 Å². The summed E-state index contributed by atoms with van der Waals surface area (Å²) in [6, 6.07) is 10.9. The van der Waals surface area contributed by atoms with E-state index in [9.17, 15) is 4.79 Å². The van der Waals surface area contributed by atoms with Gasteiger partial charge in [-0.3, -0.25) is 9.69 Å². The Morgan fingerprint density at radius 3 is 2.83 bits per heavy atom. The van der Waals surface area contributed by atoms with Crippen molar-refractivity contribution in [2.24, 2.45) is 0 Å². The van der Waals surface area contributed by atoms with Gasteiger partial charge in [0.1, 0.15) is 0 Å². The van der Waals surface area contributed by atoms with E-state index in [0.717, 1.165) is 52.0 Å². The molecule has 1 amide bonds. The number of hydrogen-bond acceptors (Lipinski definition) is 3. The van der Waals surface area contributed by atoms with Crippen molar-refractivity contribution in [1.29, 1.82) is 0 Å². The molecule has 4 nitrogen and oxygen atoms in total. The summed E-state index contributed by atoms with van der Waals surface area (Å²) in [5.74, 6) is 0.298. The Hall–Kier alpha value is -1.39. The van der Waals surface area contributed by atoms with Gasteiger partial charge in [-0.2, -0.15) is 0 Å². The molecule has 0 radical (unpaired) electrons. The summed E-state index contributed by atoms with van der Waals surface area (Å²) in [6.07, 6.45) is 4.11. The highest BCUT2D eigenvalue weighted by atomic mass is 16.5. The van der Waals surface area contributed by atoms with Gasteiger partial charge in [0.25, 0.3) is 0 Å². The van der Waals surface area contributed by atoms with Crippen molar-refractivity contribution in [2.45, 2.75) is 51.3 Å². The number of unbranched alkanes of at least 4 members (excludes halogenated alkanes) is 1. The minimum atomic E-state index is 0.229. The summed E-state index contributed by atoms with van der Waals surface area (Å²) in [7, 11) is 0. The maximum atomic E-state index is 12.4. The van der Waals surface area contributed by atoms with Crippen molar-refractivity contribution < 1.29 is 9.53 Å². The molecule has 0 bridgehead atoms.